The molecule has 2 N–H and O–H groups in total. The lowest BCUT2D eigenvalue weighted by Gasteiger charge is -2.15. The molecular weight excluding hydrogens is 384 g/mol. The monoisotopic (exact) mass is 406 g/mol. The number of amides is 3. The topological polar surface area (TPSA) is 93.7 Å². The molecule has 0 aliphatic heterocycles. The van der Waals surface area contributed by atoms with Crippen LogP contribution in [0.25, 0.3) is 10.8 Å². The molecule has 0 fully saturated rings. The van der Waals surface area contributed by atoms with Crippen molar-refractivity contribution >= 4 is 28.7 Å². The number of carbonyl (C=O) groups is 3. The van der Waals surface area contributed by atoms with Crippen molar-refractivity contribution in [3.63, 3.8) is 0 Å². The molecule has 3 rings (SSSR count). The van der Waals surface area contributed by atoms with E-state index in [1.807, 2.05) is 42.5 Å². The van der Waals surface area contributed by atoms with Crippen LogP contribution in [-0.4, -0.2) is 31.1 Å². The molecule has 0 radical (unpaired) electrons. The van der Waals surface area contributed by atoms with Gasteiger partial charge in [-0.2, -0.15) is 0 Å². The van der Waals surface area contributed by atoms with E-state index in [0.717, 1.165) is 10.9 Å². The van der Waals surface area contributed by atoms with Crippen molar-refractivity contribution in [3.8, 4) is 5.75 Å². The Labute approximate surface area is 174 Å². The first-order valence-electron chi connectivity index (χ1n) is 9.39. The number of nitrogens with one attached hydrogen (secondary N) is 2. The molecule has 1 unspecified atom stereocenters. The summed E-state index contributed by atoms with van der Waals surface area (Å²) < 4.78 is 10.6. The van der Waals surface area contributed by atoms with Crippen LogP contribution in [0.3, 0.4) is 0 Å². The molecule has 7 heteroatoms. The summed E-state index contributed by atoms with van der Waals surface area (Å²) in [5, 5.41) is 6.16. The second-order valence-electron chi connectivity index (χ2n) is 6.57. The number of methoxy groups -OCH3 is 1. The van der Waals surface area contributed by atoms with E-state index in [4.69, 9.17) is 9.47 Å². The van der Waals surface area contributed by atoms with Crippen molar-refractivity contribution in [3.05, 3.63) is 77.9 Å². The molecule has 0 bridgehead atoms. The van der Waals surface area contributed by atoms with E-state index in [9.17, 15) is 14.4 Å². The minimum atomic E-state index is -1.15. The van der Waals surface area contributed by atoms with Crippen LogP contribution in [0.5, 0.6) is 5.75 Å². The van der Waals surface area contributed by atoms with Gasteiger partial charge in [-0.05, 0) is 30.0 Å². The Balaban J connectivity index is 1.61. The third kappa shape index (κ3) is 4.94. The molecule has 30 heavy (non-hydrogen) atoms. The number of ether oxygens (including phenoxy) is 2. The number of carbonyl (C=O) groups excluding carboxylic acids is 3. The molecule has 7 nitrogen and oxygen atoms in total. The van der Waals surface area contributed by atoms with Crippen LogP contribution in [0.4, 0.5) is 4.79 Å². The number of hydrogen-bond donors (Lipinski definition) is 2. The normalized spacial score (nSPS) is 11.4. The summed E-state index contributed by atoms with van der Waals surface area (Å²) >= 11 is 0. The molecule has 0 heterocycles. The Bertz CT molecular complexity index is 1070. The first kappa shape index (κ1) is 20.9. The number of imide groups is 1. The number of esters is 1. The Hall–Kier alpha value is -3.87. The van der Waals surface area contributed by atoms with Crippen LogP contribution in [0.2, 0.25) is 0 Å². The van der Waals surface area contributed by atoms with E-state index < -0.39 is 24.0 Å². The summed E-state index contributed by atoms with van der Waals surface area (Å²) in [6.07, 6.45) is -1.15. The highest BCUT2D eigenvalue weighted by atomic mass is 16.5. The highest BCUT2D eigenvalue weighted by molar-refractivity contribution is 6.07. The Kier molecular flexibility index (Phi) is 6.64. The smallest absolute Gasteiger partial charge is 0.339 e. The predicted molar refractivity (Wildman–Crippen MR) is 112 cm³/mol. The molecule has 0 spiro atoms. The summed E-state index contributed by atoms with van der Waals surface area (Å²) in [7, 11) is 1.55. The zero-order chi connectivity index (χ0) is 21.5. The molecule has 3 amide bonds. The van der Waals surface area contributed by atoms with Crippen molar-refractivity contribution in [2.45, 2.75) is 19.6 Å². The number of rotatable bonds is 6. The van der Waals surface area contributed by atoms with E-state index in [1.165, 1.54) is 6.92 Å². The van der Waals surface area contributed by atoms with E-state index in [0.29, 0.717) is 16.7 Å². The van der Waals surface area contributed by atoms with Crippen LogP contribution < -0.4 is 15.4 Å². The molecule has 3 aromatic carbocycles. The van der Waals surface area contributed by atoms with Crippen molar-refractivity contribution < 1.29 is 23.9 Å². The zero-order valence-corrected chi connectivity index (χ0v) is 16.7. The average Bonchev–Trinajstić information content (AvgIpc) is 2.77. The van der Waals surface area contributed by atoms with Gasteiger partial charge < -0.3 is 14.8 Å². The van der Waals surface area contributed by atoms with E-state index in [2.05, 4.69) is 10.6 Å². The SMILES string of the molecule is COc1ccc(C(=O)OC(C)C(=O)NC(=O)NCc2ccccc2)c2ccccc12. The number of benzene rings is 3. The van der Waals surface area contributed by atoms with Crippen molar-refractivity contribution in [1.82, 2.24) is 10.6 Å². The molecular formula is C23H22N2O5. The minimum absolute atomic E-state index is 0.270. The van der Waals surface area contributed by atoms with Crippen molar-refractivity contribution in [2.75, 3.05) is 7.11 Å². The van der Waals surface area contributed by atoms with E-state index >= 15 is 0 Å². The van der Waals surface area contributed by atoms with Crippen LogP contribution in [0, 0.1) is 0 Å². The van der Waals surface area contributed by atoms with Crippen LogP contribution >= 0.6 is 0 Å². The number of fused-ring (bicyclic) bond motifs is 1. The quantitative estimate of drug-likeness (QED) is 0.612. The van der Waals surface area contributed by atoms with Gasteiger partial charge >= 0.3 is 12.0 Å². The maximum Gasteiger partial charge on any atom is 0.339 e. The van der Waals surface area contributed by atoms with Crippen molar-refractivity contribution in [2.24, 2.45) is 0 Å². The minimum Gasteiger partial charge on any atom is -0.496 e. The van der Waals surface area contributed by atoms with Gasteiger partial charge in [-0.25, -0.2) is 9.59 Å². The molecule has 0 aliphatic carbocycles. The lowest BCUT2D eigenvalue weighted by molar-refractivity contribution is -0.127. The third-order valence-electron chi connectivity index (χ3n) is 4.51. The maximum absolute atomic E-state index is 12.6. The fourth-order valence-electron chi connectivity index (χ4n) is 2.94. The average molecular weight is 406 g/mol. The van der Waals surface area contributed by atoms with Crippen LogP contribution in [0.15, 0.2) is 66.7 Å². The maximum atomic E-state index is 12.6. The summed E-state index contributed by atoms with van der Waals surface area (Å²) in [5.41, 5.74) is 1.20. The molecule has 3 aromatic rings. The molecule has 0 aliphatic rings. The molecule has 0 saturated heterocycles. The van der Waals surface area contributed by atoms with Gasteiger partial charge in [-0.15, -0.1) is 0 Å². The van der Waals surface area contributed by atoms with Gasteiger partial charge in [-0.1, -0.05) is 54.6 Å². The first-order valence-corrected chi connectivity index (χ1v) is 9.39. The second kappa shape index (κ2) is 9.56. The van der Waals surface area contributed by atoms with Crippen LogP contribution in [-0.2, 0) is 16.1 Å². The van der Waals surface area contributed by atoms with Gasteiger partial charge in [0.1, 0.15) is 5.75 Å². The first-order chi connectivity index (χ1) is 14.5. The van der Waals surface area contributed by atoms with Gasteiger partial charge in [0.15, 0.2) is 6.10 Å². The predicted octanol–water partition coefficient (Wildman–Crippen LogP) is 3.42. The van der Waals surface area contributed by atoms with E-state index in [-0.39, 0.29) is 6.54 Å². The largest absolute Gasteiger partial charge is 0.496 e. The lowest BCUT2D eigenvalue weighted by atomic mass is 10.0. The molecule has 1 atom stereocenters. The van der Waals surface area contributed by atoms with Crippen LogP contribution in [0.1, 0.15) is 22.8 Å². The number of hydrogen-bond acceptors (Lipinski definition) is 5. The summed E-state index contributed by atoms with van der Waals surface area (Å²) in [4.78, 5) is 36.8. The summed E-state index contributed by atoms with van der Waals surface area (Å²) in [6, 6.07) is 19.1. The molecule has 0 aromatic heterocycles. The zero-order valence-electron chi connectivity index (χ0n) is 16.7. The fourth-order valence-corrected chi connectivity index (χ4v) is 2.94. The Morgan fingerprint density at radius 1 is 0.900 bits per heavy atom. The highest BCUT2D eigenvalue weighted by Crippen LogP contribution is 2.28. The van der Waals surface area contributed by atoms with Gasteiger partial charge in [0.05, 0.1) is 12.7 Å². The second-order valence-corrected chi connectivity index (χ2v) is 6.57. The summed E-state index contributed by atoms with van der Waals surface area (Å²) in [6.45, 7) is 1.68. The molecule has 154 valence electrons. The summed E-state index contributed by atoms with van der Waals surface area (Å²) in [5.74, 6) is -0.754. The fraction of sp³-hybridized carbons (Fsp3) is 0.174. The van der Waals surface area contributed by atoms with Gasteiger partial charge in [0, 0.05) is 11.9 Å². The Morgan fingerprint density at radius 2 is 1.57 bits per heavy atom. The molecule has 0 saturated carbocycles. The van der Waals surface area contributed by atoms with Gasteiger partial charge in [0.2, 0.25) is 0 Å². The third-order valence-corrected chi connectivity index (χ3v) is 4.51. The van der Waals surface area contributed by atoms with Gasteiger partial charge in [0.25, 0.3) is 5.91 Å². The van der Waals surface area contributed by atoms with E-state index in [1.54, 1.807) is 31.4 Å². The Morgan fingerprint density at radius 3 is 2.27 bits per heavy atom. The number of urea groups is 1. The van der Waals surface area contributed by atoms with Crippen molar-refractivity contribution in [1.29, 1.82) is 0 Å². The lowest BCUT2D eigenvalue weighted by Crippen LogP contribution is -2.44. The van der Waals surface area contributed by atoms with Gasteiger partial charge in [-0.3, -0.25) is 10.1 Å². The highest BCUT2D eigenvalue weighted by Gasteiger charge is 2.22. The standard InChI is InChI=1S/C23H22N2O5/c1-15(21(26)25-23(28)24-14-16-8-4-3-5-9-16)30-22(27)19-12-13-20(29-2)18-11-7-6-10-17(18)19/h3-13,15H,14H2,1-2H3,(H2,24,25,26,28).